The Hall–Kier alpha value is -1.95. The summed E-state index contributed by atoms with van der Waals surface area (Å²) in [5.41, 5.74) is 2.48. The Bertz CT molecular complexity index is 937. The Kier molecular flexibility index (Phi) is 6.23. The Morgan fingerprint density at radius 2 is 2.03 bits per heavy atom. The number of amides is 1. The summed E-state index contributed by atoms with van der Waals surface area (Å²) in [5.74, 6) is 1.67. The summed E-state index contributed by atoms with van der Waals surface area (Å²) >= 11 is 0. The van der Waals surface area contributed by atoms with E-state index < -0.39 is 11.5 Å². The van der Waals surface area contributed by atoms with Crippen molar-refractivity contribution in [3.63, 3.8) is 0 Å². The Labute approximate surface area is 195 Å². The van der Waals surface area contributed by atoms with Gasteiger partial charge in [0.1, 0.15) is 5.75 Å². The molecule has 0 aromatic heterocycles. The molecule has 0 spiro atoms. The number of aryl methyl sites for hydroxylation is 1. The highest BCUT2D eigenvalue weighted by molar-refractivity contribution is 5.76. The van der Waals surface area contributed by atoms with Gasteiger partial charge < -0.3 is 14.7 Å². The van der Waals surface area contributed by atoms with Gasteiger partial charge in [0.2, 0.25) is 5.91 Å². The summed E-state index contributed by atoms with van der Waals surface area (Å²) in [6.07, 6.45) is 4.68. The molecule has 3 fully saturated rings. The minimum Gasteiger partial charge on any atom is -0.508 e. The lowest BCUT2D eigenvalue weighted by Gasteiger charge is -2.51. The minimum atomic E-state index is -1.48. The molecule has 1 aliphatic heterocycles. The van der Waals surface area contributed by atoms with E-state index in [4.69, 9.17) is 4.74 Å². The van der Waals surface area contributed by atoms with Crippen LogP contribution in [0.2, 0.25) is 0 Å². The smallest absolute Gasteiger partial charge is 0.270 e. The molecule has 1 aromatic rings. The fourth-order valence-electron chi connectivity index (χ4n) is 7.72. The molecule has 180 valence electrons. The SMILES string of the molecule is C[C@]12CCC3c4ccc(O)cc4CCC3C1[C@H](CCCC(=O)N1CCOCC1)CC2=C(F)F. The number of carbonyl (C=O) groups excluding carboxylic acids is 1. The first-order valence-electron chi connectivity index (χ1n) is 12.6. The first-order chi connectivity index (χ1) is 15.9. The van der Waals surface area contributed by atoms with E-state index in [1.165, 1.54) is 11.1 Å². The van der Waals surface area contributed by atoms with Crippen LogP contribution in [0.4, 0.5) is 8.78 Å². The molecule has 1 aromatic carbocycles. The van der Waals surface area contributed by atoms with Crippen molar-refractivity contribution in [1.29, 1.82) is 0 Å². The maximum Gasteiger partial charge on any atom is 0.270 e. The Balaban J connectivity index is 1.34. The molecule has 5 rings (SSSR count). The quantitative estimate of drug-likeness (QED) is 0.633. The molecule has 3 aliphatic carbocycles. The van der Waals surface area contributed by atoms with Gasteiger partial charge >= 0.3 is 0 Å². The van der Waals surface area contributed by atoms with Crippen LogP contribution in [-0.2, 0) is 16.0 Å². The van der Waals surface area contributed by atoms with Gasteiger partial charge in [-0.25, -0.2) is 0 Å². The topological polar surface area (TPSA) is 49.8 Å². The highest BCUT2D eigenvalue weighted by Gasteiger charge is 2.57. The molecule has 4 nitrogen and oxygen atoms in total. The van der Waals surface area contributed by atoms with E-state index in [0.29, 0.717) is 62.3 Å². The van der Waals surface area contributed by atoms with Crippen molar-refractivity contribution < 1.29 is 23.4 Å². The Morgan fingerprint density at radius 3 is 2.79 bits per heavy atom. The van der Waals surface area contributed by atoms with Crippen LogP contribution in [0.1, 0.15) is 68.9 Å². The lowest BCUT2D eigenvalue weighted by atomic mass is 9.53. The average molecular weight is 460 g/mol. The van der Waals surface area contributed by atoms with E-state index >= 15 is 0 Å². The van der Waals surface area contributed by atoms with E-state index in [1.807, 2.05) is 11.0 Å². The second-order valence-electron chi connectivity index (χ2n) is 10.8. The number of phenolic OH excluding ortho intramolecular Hbond substituents is 1. The summed E-state index contributed by atoms with van der Waals surface area (Å²) in [5, 5.41) is 9.92. The molecule has 3 unspecified atom stereocenters. The van der Waals surface area contributed by atoms with Crippen LogP contribution >= 0.6 is 0 Å². The number of morpholine rings is 1. The van der Waals surface area contributed by atoms with Crippen molar-refractivity contribution >= 4 is 5.91 Å². The third kappa shape index (κ3) is 4.09. The molecule has 1 N–H and O–H groups in total. The first-order valence-corrected chi connectivity index (χ1v) is 12.6. The maximum absolute atomic E-state index is 14.1. The van der Waals surface area contributed by atoms with Crippen molar-refractivity contribution in [1.82, 2.24) is 4.90 Å². The van der Waals surface area contributed by atoms with Crippen LogP contribution < -0.4 is 0 Å². The number of phenols is 1. The summed E-state index contributed by atoms with van der Waals surface area (Å²) < 4.78 is 33.6. The van der Waals surface area contributed by atoms with Crippen LogP contribution in [0.3, 0.4) is 0 Å². The number of halogens is 2. The van der Waals surface area contributed by atoms with Crippen molar-refractivity contribution in [2.24, 2.45) is 23.2 Å². The maximum atomic E-state index is 14.1. The largest absolute Gasteiger partial charge is 0.508 e. The average Bonchev–Trinajstić information content (AvgIpc) is 3.12. The van der Waals surface area contributed by atoms with Crippen LogP contribution in [0, 0.1) is 23.2 Å². The molecule has 6 heteroatoms. The fraction of sp³-hybridized carbons (Fsp3) is 0.667. The normalized spacial score (nSPS) is 33.3. The van der Waals surface area contributed by atoms with Crippen molar-refractivity contribution in [2.45, 2.75) is 64.2 Å². The lowest BCUT2D eigenvalue weighted by molar-refractivity contribution is -0.135. The number of allylic oxidation sites excluding steroid dienone is 1. The zero-order chi connectivity index (χ0) is 23.2. The molecular formula is C27H35F2NO3. The fourth-order valence-corrected chi connectivity index (χ4v) is 7.72. The van der Waals surface area contributed by atoms with Gasteiger partial charge in [-0.15, -0.1) is 0 Å². The standard InChI is InChI=1S/C27H35F2NO3/c1-27-10-9-21-20-8-6-19(31)15-17(20)5-7-22(21)25(27)18(16-23(27)26(28)29)3-2-4-24(32)30-11-13-33-14-12-30/h6,8,15,18,21-22,25,31H,2-5,7,9-14,16H2,1H3/t18-,21?,22?,25?,27-/m1/s1. The first kappa shape index (κ1) is 22.8. The van der Waals surface area contributed by atoms with Gasteiger partial charge in [0.15, 0.2) is 0 Å². The zero-order valence-corrected chi connectivity index (χ0v) is 19.5. The number of aromatic hydroxyl groups is 1. The van der Waals surface area contributed by atoms with E-state index in [-0.39, 0.29) is 17.7 Å². The number of nitrogens with zero attached hydrogens (tertiary/aromatic N) is 1. The molecule has 1 saturated heterocycles. The monoisotopic (exact) mass is 459 g/mol. The van der Waals surface area contributed by atoms with Gasteiger partial charge in [-0.1, -0.05) is 13.0 Å². The summed E-state index contributed by atoms with van der Waals surface area (Å²) in [7, 11) is 0. The number of ether oxygens (including phenoxy) is 1. The highest BCUT2D eigenvalue weighted by Crippen LogP contribution is 2.66. The number of hydrogen-bond donors (Lipinski definition) is 1. The molecule has 33 heavy (non-hydrogen) atoms. The van der Waals surface area contributed by atoms with Crippen LogP contribution in [-0.4, -0.2) is 42.2 Å². The molecule has 1 heterocycles. The lowest BCUT2D eigenvalue weighted by Crippen LogP contribution is -2.42. The number of fused-ring (bicyclic) bond motifs is 5. The van der Waals surface area contributed by atoms with E-state index in [9.17, 15) is 18.7 Å². The van der Waals surface area contributed by atoms with Gasteiger partial charge in [0, 0.05) is 25.1 Å². The van der Waals surface area contributed by atoms with Crippen LogP contribution in [0.5, 0.6) is 5.75 Å². The van der Waals surface area contributed by atoms with Crippen molar-refractivity contribution in [3.8, 4) is 5.75 Å². The minimum absolute atomic E-state index is 0.166. The third-order valence-corrected chi connectivity index (χ3v) is 9.18. The molecular weight excluding hydrogens is 424 g/mol. The number of hydrogen-bond acceptors (Lipinski definition) is 3. The van der Waals surface area contributed by atoms with Crippen LogP contribution in [0.25, 0.3) is 0 Å². The van der Waals surface area contributed by atoms with E-state index in [2.05, 4.69) is 13.0 Å². The van der Waals surface area contributed by atoms with E-state index in [0.717, 1.165) is 38.5 Å². The second kappa shape index (κ2) is 9.01. The third-order valence-electron chi connectivity index (χ3n) is 9.18. The Morgan fingerprint density at radius 1 is 1.24 bits per heavy atom. The molecule has 4 aliphatic rings. The van der Waals surface area contributed by atoms with Crippen molar-refractivity contribution in [2.75, 3.05) is 26.3 Å². The van der Waals surface area contributed by atoms with Gasteiger partial charge in [-0.2, -0.15) is 8.78 Å². The number of rotatable bonds is 4. The summed E-state index contributed by atoms with van der Waals surface area (Å²) in [6.45, 7) is 4.58. The van der Waals surface area contributed by atoms with Gasteiger partial charge in [-0.3, -0.25) is 4.79 Å². The van der Waals surface area contributed by atoms with E-state index in [1.54, 1.807) is 6.07 Å². The summed E-state index contributed by atoms with van der Waals surface area (Å²) in [4.78, 5) is 14.5. The highest BCUT2D eigenvalue weighted by atomic mass is 19.3. The molecule has 5 atom stereocenters. The predicted molar refractivity (Wildman–Crippen MR) is 122 cm³/mol. The predicted octanol–water partition coefficient (Wildman–Crippen LogP) is 5.65. The molecule has 0 bridgehead atoms. The van der Waals surface area contributed by atoms with Gasteiger partial charge in [-0.05, 0) is 97.3 Å². The summed E-state index contributed by atoms with van der Waals surface area (Å²) in [6, 6.07) is 5.71. The molecule has 1 amide bonds. The van der Waals surface area contributed by atoms with Gasteiger partial charge in [0.25, 0.3) is 6.08 Å². The van der Waals surface area contributed by atoms with Crippen LogP contribution in [0.15, 0.2) is 29.9 Å². The van der Waals surface area contributed by atoms with Crippen molar-refractivity contribution in [3.05, 3.63) is 41.0 Å². The molecule has 0 radical (unpaired) electrons. The number of benzene rings is 1. The van der Waals surface area contributed by atoms with Gasteiger partial charge in [0.05, 0.1) is 13.2 Å². The number of carbonyl (C=O) groups is 1. The molecule has 2 saturated carbocycles. The second-order valence-corrected chi connectivity index (χ2v) is 10.8. The zero-order valence-electron chi connectivity index (χ0n) is 19.5.